The summed E-state index contributed by atoms with van der Waals surface area (Å²) in [5.41, 5.74) is 2.44. The van der Waals surface area contributed by atoms with Crippen molar-refractivity contribution in [2.24, 2.45) is 0 Å². The molecule has 0 saturated carbocycles. The standard InChI is InChI=1S/C16H14N2O2/c1-10-4-3-5-12(8-10)18-15(19)13-7-6-11(2)9-14(13)17-16(18)20/h3-9H,1-2H3,(H,17,20). The van der Waals surface area contributed by atoms with Gasteiger partial charge in [0.25, 0.3) is 5.56 Å². The van der Waals surface area contributed by atoms with E-state index >= 15 is 0 Å². The number of rotatable bonds is 1. The third kappa shape index (κ3) is 1.95. The molecule has 4 heteroatoms. The summed E-state index contributed by atoms with van der Waals surface area (Å²) in [7, 11) is 0. The summed E-state index contributed by atoms with van der Waals surface area (Å²) in [6, 6.07) is 12.7. The van der Waals surface area contributed by atoms with Gasteiger partial charge >= 0.3 is 5.69 Å². The normalized spacial score (nSPS) is 10.9. The molecule has 1 aromatic heterocycles. The van der Waals surface area contributed by atoms with Gasteiger partial charge in [-0.1, -0.05) is 18.2 Å². The highest BCUT2D eigenvalue weighted by Crippen LogP contribution is 2.10. The molecule has 3 rings (SSSR count). The number of nitrogens with zero attached hydrogens (tertiary/aromatic N) is 1. The van der Waals surface area contributed by atoms with E-state index in [2.05, 4.69) is 4.98 Å². The second-order valence-corrected chi connectivity index (χ2v) is 4.96. The molecule has 0 aliphatic carbocycles. The van der Waals surface area contributed by atoms with Crippen molar-refractivity contribution in [3.63, 3.8) is 0 Å². The summed E-state index contributed by atoms with van der Waals surface area (Å²) in [6.45, 7) is 3.84. The minimum Gasteiger partial charge on any atom is -0.306 e. The predicted molar refractivity (Wildman–Crippen MR) is 79.6 cm³/mol. The number of fused-ring (bicyclic) bond motifs is 1. The van der Waals surface area contributed by atoms with Gasteiger partial charge in [-0.3, -0.25) is 4.79 Å². The van der Waals surface area contributed by atoms with E-state index in [4.69, 9.17) is 0 Å². The molecule has 0 radical (unpaired) electrons. The Morgan fingerprint density at radius 3 is 2.45 bits per heavy atom. The Kier molecular flexibility index (Phi) is 2.79. The Balaban J connectivity index is 2.41. The molecule has 100 valence electrons. The second kappa shape index (κ2) is 4.49. The number of nitrogens with one attached hydrogen (secondary N) is 1. The topological polar surface area (TPSA) is 54.9 Å². The third-order valence-corrected chi connectivity index (χ3v) is 3.31. The summed E-state index contributed by atoms with van der Waals surface area (Å²) in [6.07, 6.45) is 0. The van der Waals surface area contributed by atoms with Crippen molar-refractivity contribution in [2.45, 2.75) is 13.8 Å². The highest BCUT2D eigenvalue weighted by molar-refractivity contribution is 5.78. The van der Waals surface area contributed by atoms with E-state index in [1.54, 1.807) is 18.2 Å². The molecule has 3 aromatic rings. The Bertz CT molecular complexity index is 920. The first-order valence-electron chi connectivity index (χ1n) is 6.39. The van der Waals surface area contributed by atoms with Crippen LogP contribution in [0.3, 0.4) is 0 Å². The lowest BCUT2D eigenvalue weighted by Gasteiger charge is -2.07. The number of aryl methyl sites for hydroxylation is 2. The quantitative estimate of drug-likeness (QED) is 0.734. The van der Waals surface area contributed by atoms with Crippen molar-refractivity contribution in [3.8, 4) is 5.69 Å². The molecule has 0 fully saturated rings. The first-order chi connectivity index (χ1) is 9.56. The molecule has 20 heavy (non-hydrogen) atoms. The van der Waals surface area contributed by atoms with Crippen molar-refractivity contribution in [1.29, 1.82) is 0 Å². The maximum Gasteiger partial charge on any atom is 0.333 e. The second-order valence-electron chi connectivity index (χ2n) is 4.96. The van der Waals surface area contributed by atoms with Crippen LogP contribution in [0.25, 0.3) is 16.6 Å². The van der Waals surface area contributed by atoms with Crippen LogP contribution < -0.4 is 11.2 Å². The fourth-order valence-electron chi connectivity index (χ4n) is 2.33. The van der Waals surface area contributed by atoms with Gasteiger partial charge < -0.3 is 4.98 Å². The van der Waals surface area contributed by atoms with Crippen molar-refractivity contribution in [3.05, 3.63) is 74.4 Å². The molecule has 2 aromatic carbocycles. The van der Waals surface area contributed by atoms with Crippen molar-refractivity contribution in [1.82, 2.24) is 9.55 Å². The van der Waals surface area contributed by atoms with Gasteiger partial charge in [-0.25, -0.2) is 9.36 Å². The Morgan fingerprint density at radius 2 is 1.70 bits per heavy atom. The zero-order chi connectivity index (χ0) is 14.3. The van der Waals surface area contributed by atoms with E-state index < -0.39 is 5.69 Å². The molecule has 0 aliphatic heterocycles. The van der Waals surface area contributed by atoms with Crippen LogP contribution in [0.2, 0.25) is 0 Å². The van der Waals surface area contributed by atoms with Gasteiger partial charge in [-0.15, -0.1) is 0 Å². The van der Waals surface area contributed by atoms with Gasteiger partial charge in [0.05, 0.1) is 16.6 Å². The Morgan fingerprint density at radius 1 is 0.950 bits per heavy atom. The molecule has 1 N–H and O–H groups in total. The zero-order valence-electron chi connectivity index (χ0n) is 11.3. The molecule has 0 saturated heterocycles. The lowest BCUT2D eigenvalue weighted by molar-refractivity contribution is 0.900. The van der Waals surface area contributed by atoms with Crippen LogP contribution in [0, 0.1) is 13.8 Å². The SMILES string of the molecule is Cc1cccc(-n2c(=O)[nH]c3cc(C)ccc3c2=O)c1. The van der Waals surface area contributed by atoms with Gasteiger partial charge in [0.15, 0.2) is 0 Å². The van der Waals surface area contributed by atoms with E-state index in [9.17, 15) is 9.59 Å². The summed E-state index contributed by atoms with van der Waals surface area (Å²) in [4.78, 5) is 27.5. The number of benzene rings is 2. The molecule has 0 atom stereocenters. The minimum atomic E-state index is -0.418. The van der Waals surface area contributed by atoms with Crippen LogP contribution in [0.5, 0.6) is 0 Å². The Labute approximate surface area is 115 Å². The lowest BCUT2D eigenvalue weighted by atomic mass is 10.1. The van der Waals surface area contributed by atoms with Gasteiger partial charge in [-0.05, 0) is 49.2 Å². The zero-order valence-corrected chi connectivity index (χ0v) is 11.3. The summed E-state index contributed by atoms with van der Waals surface area (Å²) in [5, 5.41) is 0.511. The molecule has 0 unspecified atom stereocenters. The molecular formula is C16H14N2O2. The minimum absolute atomic E-state index is 0.297. The van der Waals surface area contributed by atoms with Crippen LogP contribution in [0.1, 0.15) is 11.1 Å². The molecule has 1 heterocycles. The van der Waals surface area contributed by atoms with E-state index in [-0.39, 0.29) is 5.56 Å². The van der Waals surface area contributed by atoms with Crippen LogP contribution in [0.4, 0.5) is 0 Å². The highest BCUT2D eigenvalue weighted by Gasteiger charge is 2.09. The van der Waals surface area contributed by atoms with Crippen molar-refractivity contribution >= 4 is 10.9 Å². The molecule has 4 nitrogen and oxygen atoms in total. The maximum absolute atomic E-state index is 12.5. The molecule has 0 bridgehead atoms. The van der Waals surface area contributed by atoms with E-state index in [1.165, 1.54) is 4.57 Å². The third-order valence-electron chi connectivity index (χ3n) is 3.31. The number of hydrogen-bond donors (Lipinski definition) is 1. The van der Waals surface area contributed by atoms with Gasteiger partial charge in [0.1, 0.15) is 0 Å². The van der Waals surface area contributed by atoms with Crippen molar-refractivity contribution in [2.75, 3.05) is 0 Å². The Hall–Kier alpha value is -2.62. The summed E-state index contributed by atoms with van der Waals surface area (Å²) < 4.78 is 1.17. The van der Waals surface area contributed by atoms with E-state index in [1.807, 2.05) is 38.1 Å². The highest BCUT2D eigenvalue weighted by atomic mass is 16.2. The van der Waals surface area contributed by atoms with Crippen LogP contribution in [-0.2, 0) is 0 Å². The predicted octanol–water partition coefficient (Wildman–Crippen LogP) is 2.30. The summed E-state index contributed by atoms with van der Waals surface area (Å²) >= 11 is 0. The van der Waals surface area contributed by atoms with E-state index in [0.29, 0.717) is 16.6 Å². The van der Waals surface area contributed by atoms with Crippen LogP contribution in [-0.4, -0.2) is 9.55 Å². The fraction of sp³-hybridized carbons (Fsp3) is 0.125. The average molecular weight is 266 g/mol. The molecule has 0 spiro atoms. The van der Waals surface area contributed by atoms with Crippen LogP contribution in [0.15, 0.2) is 52.1 Å². The molecule has 0 amide bonds. The first-order valence-corrected chi connectivity index (χ1v) is 6.39. The lowest BCUT2D eigenvalue weighted by Crippen LogP contribution is -2.33. The van der Waals surface area contributed by atoms with Gasteiger partial charge in [-0.2, -0.15) is 0 Å². The number of aromatic amines is 1. The van der Waals surface area contributed by atoms with Crippen LogP contribution >= 0.6 is 0 Å². The van der Waals surface area contributed by atoms with Crippen molar-refractivity contribution < 1.29 is 0 Å². The number of aromatic nitrogens is 2. The largest absolute Gasteiger partial charge is 0.333 e. The number of hydrogen-bond acceptors (Lipinski definition) is 2. The fourth-order valence-corrected chi connectivity index (χ4v) is 2.33. The first kappa shape index (κ1) is 12.4. The smallest absolute Gasteiger partial charge is 0.306 e. The van der Waals surface area contributed by atoms with E-state index in [0.717, 1.165) is 11.1 Å². The average Bonchev–Trinajstić information content (AvgIpc) is 2.38. The monoisotopic (exact) mass is 266 g/mol. The molecule has 0 aliphatic rings. The van der Waals surface area contributed by atoms with Gasteiger partial charge in [0, 0.05) is 0 Å². The summed E-state index contributed by atoms with van der Waals surface area (Å²) in [5.74, 6) is 0. The molecular weight excluding hydrogens is 252 g/mol. The maximum atomic E-state index is 12.5. The number of H-pyrrole nitrogens is 1. The van der Waals surface area contributed by atoms with Gasteiger partial charge in [0.2, 0.25) is 0 Å².